The molecule has 0 bridgehead atoms. The number of halogens is 1. The van der Waals surface area contributed by atoms with Crippen molar-refractivity contribution >= 4 is 23.2 Å². The Balaban J connectivity index is 2.23. The lowest BCUT2D eigenvalue weighted by atomic mass is 10.1. The van der Waals surface area contributed by atoms with Gasteiger partial charge in [-0.15, -0.1) is 0 Å². The summed E-state index contributed by atoms with van der Waals surface area (Å²) < 4.78 is 5.07. The van der Waals surface area contributed by atoms with Gasteiger partial charge in [-0.2, -0.15) is 0 Å². The monoisotopic (exact) mass is 289 g/mol. The Bertz CT molecular complexity index is 612. The van der Waals surface area contributed by atoms with Gasteiger partial charge in [0.05, 0.1) is 7.11 Å². The zero-order valence-corrected chi connectivity index (χ0v) is 12.4. The molecule has 1 N–H and O–H groups in total. The van der Waals surface area contributed by atoms with Crippen molar-refractivity contribution < 1.29 is 9.53 Å². The number of rotatable bonds is 3. The summed E-state index contributed by atoms with van der Waals surface area (Å²) in [5, 5.41) is 3.59. The van der Waals surface area contributed by atoms with E-state index in [9.17, 15) is 4.79 Å². The van der Waals surface area contributed by atoms with Crippen LogP contribution in [0.15, 0.2) is 36.4 Å². The number of carbonyl (C=O) groups excluding carboxylic acids is 1. The molecule has 4 heteroatoms. The third-order valence-corrected chi connectivity index (χ3v) is 3.31. The molecule has 104 valence electrons. The number of amides is 1. The average Bonchev–Trinajstić information content (AvgIpc) is 2.42. The highest BCUT2D eigenvalue weighted by Gasteiger charge is 2.10. The van der Waals surface area contributed by atoms with E-state index in [1.165, 1.54) is 0 Å². The van der Waals surface area contributed by atoms with E-state index < -0.39 is 0 Å². The van der Waals surface area contributed by atoms with E-state index in [-0.39, 0.29) is 5.91 Å². The summed E-state index contributed by atoms with van der Waals surface area (Å²) in [5.74, 6) is 0.571. The summed E-state index contributed by atoms with van der Waals surface area (Å²) in [5.41, 5.74) is 3.27. The maximum Gasteiger partial charge on any atom is 0.255 e. The predicted molar refractivity (Wildman–Crippen MR) is 81.9 cm³/mol. The summed E-state index contributed by atoms with van der Waals surface area (Å²) in [6.07, 6.45) is 0. The number of anilines is 1. The standard InChI is InChI=1S/C16H16ClNO2/c1-10-8-13(17)9-11(2)15(10)18-16(19)12-4-6-14(20-3)7-5-12/h4-9H,1-3H3,(H,18,19). The van der Waals surface area contributed by atoms with Gasteiger partial charge in [-0.1, -0.05) is 11.6 Å². The van der Waals surface area contributed by atoms with Crippen LogP contribution in [0.4, 0.5) is 5.69 Å². The minimum absolute atomic E-state index is 0.152. The second-order valence-corrected chi connectivity index (χ2v) is 5.03. The Labute approximate surface area is 123 Å². The van der Waals surface area contributed by atoms with Crippen LogP contribution in [0.1, 0.15) is 21.5 Å². The molecule has 2 rings (SSSR count). The molecule has 0 aliphatic heterocycles. The third-order valence-electron chi connectivity index (χ3n) is 3.09. The number of methoxy groups -OCH3 is 1. The SMILES string of the molecule is COc1ccc(C(=O)Nc2c(C)cc(Cl)cc2C)cc1. The Kier molecular flexibility index (Phi) is 4.30. The van der Waals surface area contributed by atoms with Gasteiger partial charge in [0, 0.05) is 16.3 Å². The molecule has 0 saturated carbocycles. The van der Waals surface area contributed by atoms with Crippen molar-refractivity contribution in [3.05, 3.63) is 58.1 Å². The maximum atomic E-state index is 12.2. The van der Waals surface area contributed by atoms with Gasteiger partial charge in [-0.05, 0) is 61.4 Å². The number of carbonyl (C=O) groups is 1. The zero-order valence-electron chi connectivity index (χ0n) is 11.7. The van der Waals surface area contributed by atoms with E-state index in [0.717, 1.165) is 22.6 Å². The van der Waals surface area contributed by atoms with Gasteiger partial charge < -0.3 is 10.1 Å². The van der Waals surface area contributed by atoms with E-state index in [1.807, 2.05) is 26.0 Å². The summed E-state index contributed by atoms with van der Waals surface area (Å²) in [6, 6.07) is 10.6. The van der Waals surface area contributed by atoms with Crippen LogP contribution in [-0.2, 0) is 0 Å². The highest BCUT2D eigenvalue weighted by Crippen LogP contribution is 2.25. The normalized spacial score (nSPS) is 10.2. The van der Waals surface area contributed by atoms with Crippen molar-refractivity contribution in [3.8, 4) is 5.75 Å². The lowest BCUT2D eigenvalue weighted by Crippen LogP contribution is -2.13. The topological polar surface area (TPSA) is 38.3 Å². The molecule has 0 heterocycles. The Morgan fingerprint density at radius 3 is 2.15 bits per heavy atom. The van der Waals surface area contributed by atoms with E-state index in [0.29, 0.717) is 10.6 Å². The molecule has 0 unspecified atom stereocenters. The fourth-order valence-corrected chi connectivity index (χ4v) is 2.36. The number of benzene rings is 2. The summed E-state index contributed by atoms with van der Waals surface area (Å²) in [6.45, 7) is 3.84. The van der Waals surface area contributed by atoms with Crippen LogP contribution in [0, 0.1) is 13.8 Å². The minimum atomic E-state index is -0.152. The fourth-order valence-electron chi connectivity index (χ4n) is 2.04. The van der Waals surface area contributed by atoms with Gasteiger partial charge in [0.1, 0.15) is 5.75 Å². The molecule has 20 heavy (non-hydrogen) atoms. The molecule has 0 radical (unpaired) electrons. The first-order valence-corrected chi connectivity index (χ1v) is 6.61. The number of ether oxygens (including phenoxy) is 1. The van der Waals surface area contributed by atoms with Crippen LogP contribution >= 0.6 is 11.6 Å². The maximum absolute atomic E-state index is 12.2. The summed E-state index contributed by atoms with van der Waals surface area (Å²) in [4.78, 5) is 12.2. The Morgan fingerprint density at radius 2 is 1.65 bits per heavy atom. The van der Waals surface area contributed by atoms with Crippen molar-refractivity contribution in [1.82, 2.24) is 0 Å². The first-order valence-electron chi connectivity index (χ1n) is 6.23. The smallest absolute Gasteiger partial charge is 0.255 e. The second kappa shape index (κ2) is 5.97. The van der Waals surface area contributed by atoms with E-state index in [4.69, 9.17) is 16.3 Å². The van der Waals surface area contributed by atoms with E-state index >= 15 is 0 Å². The second-order valence-electron chi connectivity index (χ2n) is 4.60. The number of hydrogen-bond donors (Lipinski definition) is 1. The Hall–Kier alpha value is -2.00. The number of nitrogens with one attached hydrogen (secondary N) is 1. The molecular formula is C16H16ClNO2. The molecular weight excluding hydrogens is 274 g/mol. The molecule has 0 saturated heterocycles. The molecule has 0 fully saturated rings. The molecule has 1 amide bonds. The number of hydrogen-bond acceptors (Lipinski definition) is 2. The first-order chi connectivity index (χ1) is 9.51. The lowest BCUT2D eigenvalue weighted by molar-refractivity contribution is 0.102. The van der Waals surface area contributed by atoms with Gasteiger partial charge in [0.15, 0.2) is 0 Å². The van der Waals surface area contributed by atoms with Crippen LogP contribution in [0.25, 0.3) is 0 Å². The number of aryl methyl sites for hydroxylation is 2. The van der Waals surface area contributed by atoms with Crippen molar-refractivity contribution in [2.75, 3.05) is 12.4 Å². The highest BCUT2D eigenvalue weighted by atomic mass is 35.5. The van der Waals surface area contributed by atoms with Gasteiger partial charge in [-0.25, -0.2) is 0 Å². The van der Waals surface area contributed by atoms with Crippen LogP contribution in [0.3, 0.4) is 0 Å². The molecule has 2 aromatic rings. The Morgan fingerprint density at radius 1 is 1.10 bits per heavy atom. The quantitative estimate of drug-likeness (QED) is 0.919. The molecule has 0 spiro atoms. The van der Waals surface area contributed by atoms with Crippen LogP contribution in [-0.4, -0.2) is 13.0 Å². The molecule has 0 aliphatic carbocycles. The van der Waals surface area contributed by atoms with E-state index in [1.54, 1.807) is 31.4 Å². The summed E-state index contributed by atoms with van der Waals surface area (Å²) in [7, 11) is 1.59. The molecule has 0 aliphatic rings. The predicted octanol–water partition coefficient (Wildman–Crippen LogP) is 4.22. The molecule has 3 nitrogen and oxygen atoms in total. The summed E-state index contributed by atoms with van der Waals surface area (Å²) >= 11 is 5.98. The minimum Gasteiger partial charge on any atom is -0.497 e. The molecule has 0 atom stereocenters. The van der Waals surface area contributed by atoms with Gasteiger partial charge in [0.25, 0.3) is 5.91 Å². The van der Waals surface area contributed by atoms with Crippen molar-refractivity contribution in [3.63, 3.8) is 0 Å². The fraction of sp³-hybridized carbons (Fsp3) is 0.188. The van der Waals surface area contributed by atoms with Crippen molar-refractivity contribution in [2.24, 2.45) is 0 Å². The van der Waals surface area contributed by atoms with Gasteiger partial charge in [0.2, 0.25) is 0 Å². The third kappa shape index (κ3) is 3.11. The largest absolute Gasteiger partial charge is 0.497 e. The zero-order chi connectivity index (χ0) is 14.7. The van der Waals surface area contributed by atoms with E-state index in [2.05, 4.69) is 5.32 Å². The van der Waals surface area contributed by atoms with Crippen LogP contribution in [0.5, 0.6) is 5.75 Å². The first kappa shape index (κ1) is 14.4. The van der Waals surface area contributed by atoms with Crippen molar-refractivity contribution in [2.45, 2.75) is 13.8 Å². The van der Waals surface area contributed by atoms with Crippen LogP contribution in [0.2, 0.25) is 5.02 Å². The van der Waals surface area contributed by atoms with Crippen molar-refractivity contribution in [1.29, 1.82) is 0 Å². The van der Waals surface area contributed by atoms with Gasteiger partial charge >= 0.3 is 0 Å². The van der Waals surface area contributed by atoms with Gasteiger partial charge in [-0.3, -0.25) is 4.79 Å². The average molecular weight is 290 g/mol. The highest BCUT2D eigenvalue weighted by molar-refractivity contribution is 6.30. The molecule has 0 aromatic heterocycles. The van der Waals surface area contributed by atoms with Crippen LogP contribution < -0.4 is 10.1 Å². The molecule has 2 aromatic carbocycles. The lowest BCUT2D eigenvalue weighted by Gasteiger charge is -2.12.